The number of hydrogen-bond donors (Lipinski definition) is 1. The number of nitrogens with one attached hydrogen (secondary N) is 1. The van der Waals surface area contributed by atoms with Gasteiger partial charge in [-0.05, 0) is 44.6 Å². The van der Waals surface area contributed by atoms with Crippen LogP contribution >= 0.6 is 0 Å². The summed E-state index contributed by atoms with van der Waals surface area (Å²) < 4.78 is 5.72. The minimum absolute atomic E-state index is 0.787. The lowest BCUT2D eigenvalue weighted by Crippen LogP contribution is -2.30. The van der Waals surface area contributed by atoms with Gasteiger partial charge in [-0.3, -0.25) is 0 Å². The highest BCUT2D eigenvalue weighted by molar-refractivity contribution is 5.27. The molecule has 3 heteroatoms. The molecule has 0 saturated heterocycles. The Balaban J connectivity index is 2.07. The molecule has 0 spiro atoms. The summed E-state index contributed by atoms with van der Waals surface area (Å²) in [5.41, 5.74) is 1.25. The summed E-state index contributed by atoms with van der Waals surface area (Å²) in [7, 11) is 2.16. The van der Waals surface area contributed by atoms with Gasteiger partial charge in [0.25, 0.3) is 0 Å². The Hall–Kier alpha value is -1.06. The number of ether oxygens (including phenoxy) is 1. The van der Waals surface area contributed by atoms with E-state index in [-0.39, 0.29) is 0 Å². The number of aryl methyl sites for hydroxylation is 1. The second-order valence-corrected chi connectivity index (χ2v) is 4.68. The SMILES string of the molecule is CCNCCN(C)CCCOc1cccc(C)c1. The van der Waals surface area contributed by atoms with E-state index >= 15 is 0 Å². The van der Waals surface area contributed by atoms with E-state index in [4.69, 9.17) is 4.74 Å². The number of benzene rings is 1. The highest BCUT2D eigenvalue weighted by atomic mass is 16.5. The van der Waals surface area contributed by atoms with E-state index < -0.39 is 0 Å². The molecule has 0 aliphatic heterocycles. The summed E-state index contributed by atoms with van der Waals surface area (Å²) in [6, 6.07) is 8.21. The smallest absolute Gasteiger partial charge is 0.119 e. The fraction of sp³-hybridized carbons (Fsp3) is 0.600. The van der Waals surface area contributed by atoms with E-state index in [1.807, 2.05) is 12.1 Å². The van der Waals surface area contributed by atoms with Gasteiger partial charge in [0.05, 0.1) is 6.61 Å². The average Bonchev–Trinajstić information content (AvgIpc) is 2.35. The molecule has 0 atom stereocenters. The number of likely N-dealkylation sites (N-methyl/N-ethyl adjacent to an activating group) is 2. The van der Waals surface area contributed by atoms with Gasteiger partial charge in [-0.2, -0.15) is 0 Å². The van der Waals surface area contributed by atoms with Crippen LogP contribution in [0.4, 0.5) is 0 Å². The molecule has 1 rings (SSSR count). The molecule has 1 aromatic rings. The average molecular weight is 250 g/mol. The lowest BCUT2D eigenvalue weighted by molar-refractivity contribution is 0.262. The van der Waals surface area contributed by atoms with Gasteiger partial charge < -0.3 is 15.0 Å². The number of hydrogen-bond acceptors (Lipinski definition) is 3. The Bertz CT molecular complexity index is 328. The topological polar surface area (TPSA) is 24.5 Å². The normalized spacial score (nSPS) is 10.9. The molecule has 1 N–H and O–H groups in total. The van der Waals surface area contributed by atoms with Crippen LogP contribution < -0.4 is 10.1 Å². The molecule has 0 bridgehead atoms. The third-order valence-corrected chi connectivity index (χ3v) is 2.86. The second-order valence-electron chi connectivity index (χ2n) is 4.68. The Kier molecular flexibility index (Phi) is 7.46. The molecular formula is C15H26N2O. The fourth-order valence-corrected chi connectivity index (χ4v) is 1.79. The third-order valence-electron chi connectivity index (χ3n) is 2.86. The van der Waals surface area contributed by atoms with Gasteiger partial charge in [-0.15, -0.1) is 0 Å². The van der Waals surface area contributed by atoms with Crippen LogP contribution in [0.5, 0.6) is 5.75 Å². The molecule has 0 aromatic heterocycles. The molecule has 0 radical (unpaired) electrons. The van der Waals surface area contributed by atoms with Crippen LogP contribution in [0.3, 0.4) is 0 Å². The molecule has 0 aliphatic carbocycles. The van der Waals surface area contributed by atoms with Crippen molar-refractivity contribution in [2.24, 2.45) is 0 Å². The Morgan fingerprint density at radius 1 is 1.28 bits per heavy atom. The van der Waals surface area contributed by atoms with E-state index in [0.717, 1.165) is 45.0 Å². The maximum atomic E-state index is 5.72. The zero-order chi connectivity index (χ0) is 13.2. The lowest BCUT2D eigenvalue weighted by Gasteiger charge is -2.16. The second kappa shape index (κ2) is 8.95. The largest absolute Gasteiger partial charge is 0.494 e. The van der Waals surface area contributed by atoms with Gasteiger partial charge in [0, 0.05) is 19.6 Å². The van der Waals surface area contributed by atoms with Gasteiger partial charge >= 0.3 is 0 Å². The number of nitrogens with zero attached hydrogens (tertiary/aromatic N) is 1. The number of rotatable bonds is 9. The van der Waals surface area contributed by atoms with Gasteiger partial charge in [0.15, 0.2) is 0 Å². The summed E-state index contributed by atoms with van der Waals surface area (Å²) in [5, 5.41) is 3.33. The van der Waals surface area contributed by atoms with Gasteiger partial charge in [0.2, 0.25) is 0 Å². The van der Waals surface area contributed by atoms with Crippen LogP contribution in [-0.4, -0.2) is 44.7 Å². The van der Waals surface area contributed by atoms with Crippen LogP contribution in [0, 0.1) is 6.92 Å². The summed E-state index contributed by atoms with van der Waals surface area (Å²) in [6.07, 6.45) is 1.07. The molecule has 18 heavy (non-hydrogen) atoms. The molecule has 0 heterocycles. The zero-order valence-corrected chi connectivity index (χ0v) is 11.9. The van der Waals surface area contributed by atoms with E-state index in [1.54, 1.807) is 0 Å². The Labute approximate surface area is 111 Å². The van der Waals surface area contributed by atoms with Gasteiger partial charge in [-0.25, -0.2) is 0 Å². The van der Waals surface area contributed by atoms with Crippen molar-refractivity contribution >= 4 is 0 Å². The standard InChI is InChI=1S/C15H26N2O/c1-4-16-9-11-17(3)10-6-12-18-15-8-5-7-14(2)13-15/h5,7-8,13,16H,4,6,9-12H2,1-3H3. The summed E-state index contributed by atoms with van der Waals surface area (Å²) in [4.78, 5) is 2.34. The highest BCUT2D eigenvalue weighted by Gasteiger charge is 1.98. The summed E-state index contributed by atoms with van der Waals surface area (Å²) >= 11 is 0. The third kappa shape index (κ3) is 6.62. The molecular weight excluding hydrogens is 224 g/mol. The Morgan fingerprint density at radius 3 is 2.83 bits per heavy atom. The fourth-order valence-electron chi connectivity index (χ4n) is 1.79. The first-order valence-corrected chi connectivity index (χ1v) is 6.81. The molecule has 0 saturated carbocycles. The van der Waals surface area contributed by atoms with Crippen LogP contribution in [-0.2, 0) is 0 Å². The quantitative estimate of drug-likeness (QED) is 0.681. The van der Waals surface area contributed by atoms with E-state index in [2.05, 4.69) is 43.2 Å². The van der Waals surface area contributed by atoms with Crippen molar-refractivity contribution < 1.29 is 4.74 Å². The van der Waals surface area contributed by atoms with Gasteiger partial charge in [-0.1, -0.05) is 19.1 Å². The van der Waals surface area contributed by atoms with E-state index in [9.17, 15) is 0 Å². The van der Waals surface area contributed by atoms with Crippen molar-refractivity contribution in [2.75, 3.05) is 39.8 Å². The minimum atomic E-state index is 0.787. The molecule has 0 unspecified atom stereocenters. The van der Waals surface area contributed by atoms with Crippen molar-refractivity contribution in [3.63, 3.8) is 0 Å². The van der Waals surface area contributed by atoms with Gasteiger partial charge in [0.1, 0.15) is 5.75 Å². The maximum Gasteiger partial charge on any atom is 0.119 e. The minimum Gasteiger partial charge on any atom is -0.494 e. The first kappa shape index (κ1) is 15.0. The molecule has 0 fully saturated rings. The monoisotopic (exact) mass is 250 g/mol. The first-order chi connectivity index (χ1) is 8.72. The predicted octanol–water partition coefficient (Wildman–Crippen LogP) is 2.31. The molecule has 102 valence electrons. The van der Waals surface area contributed by atoms with E-state index in [0.29, 0.717) is 0 Å². The molecule has 0 amide bonds. The lowest BCUT2D eigenvalue weighted by atomic mass is 10.2. The van der Waals surface area contributed by atoms with Crippen LogP contribution in [0.25, 0.3) is 0 Å². The van der Waals surface area contributed by atoms with Crippen molar-refractivity contribution in [1.29, 1.82) is 0 Å². The van der Waals surface area contributed by atoms with E-state index in [1.165, 1.54) is 5.56 Å². The van der Waals surface area contributed by atoms with Crippen molar-refractivity contribution in [1.82, 2.24) is 10.2 Å². The van der Waals surface area contributed by atoms with Crippen LogP contribution in [0.1, 0.15) is 18.9 Å². The first-order valence-electron chi connectivity index (χ1n) is 6.81. The maximum absolute atomic E-state index is 5.72. The van der Waals surface area contributed by atoms with Crippen LogP contribution in [0.2, 0.25) is 0 Å². The van der Waals surface area contributed by atoms with Crippen molar-refractivity contribution in [3.8, 4) is 5.75 Å². The summed E-state index contributed by atoms with van der Waals surface area (Å²) in [6.45, 7) is 9.29. The van der Waals surface area contributed by atoms with Crippen LogP contribution in [0.15, 0.2) is 24.3 Å². The zero-order valence-electron chi connectivity index (χ0n) is 11.9. The molecule has 3 nitrogen and oxygen atoms in total. The highest BCUT2D eigenvalue weighted by Crippen LogP contribution is 2.12. The molecule has 0 aliphatic rings. The Morgan fingerprint density at radius 2 is 2.11 bits per heavy atom. The van der Waals surface area contributed by atoms with Crippen molar-refractivity contribution in [3.05, 3.63) is 29.8 Å². The summed E-state index contributed by atoms with van der Waals surface area (Å²) in [5.74, 6) is 0.977. The predicted molar refractivity (Wildman–Crippen MR) is 77.3 cm³/mol. The van der Waals surface area contributed by atoms with Crippen molar-refractivity contribution in [2.45, 2.75) is 20.3 Å². The molecule has 1 aromatic carbocycles.